The van der Waals surface area contributed by atoms with Crippen molar-refractivity contribution in [2.45, 2.75) is 51.8 Å². The minimum absolute atomic E-state index is 0.0229. The third-order valence-electron chi connectivity index (χ3n) is 3.79. The van der Waals surface area contributed by atoms with Crippen LogP contribution in [0.2, 0.25) is 0 Å². The SMILES string of the molecule is C[C@H](CO)[C@@H](C[C@@H]1COC(C)(C)O1)OCc1ccccc1. The maximum Gasteiger partial charge on any atom is 0.163 e. The van der Waals surface area contributed by atoms with E-state index in [0.717, 1.165) is 12.0 Å². The van der Waals surface area contributed by atoms with Gasteiger partial charge in [-0.15, -0.1) is 0 Å². The average molecular weight is 294 g/mol. The smallest absolute Gasteiger partial charge is 0.163 e. The molecule has 1 aromatic rings. The van der Waals surface area contributed by atoms with E-state index in [1.807, 2.05) is 51.1 Å². The molecule has 2 rings (SSSR count). The Morgan fingerprint density at radius 1 is 1.33 bits per heavy atom. The Hall–Kier alpha value is -0.940. The molecule has 1 heterocycles. The van der Waals surface area contributed by atoms with Gasteiger partial charge in [0.05, 0.1) is 25.4 Å². The minimum Gasteiger partial charge on any atom is -0.396 e. The van der Waals surface area contributed by atoms with E-state index in [1.165, 1.54) is 0 Å². The first-order chi connectivity index (χ1) is 10.00. The molecule has 0 radical (unpaired) electrons. The van der Waals surface area contributed by atoms with Crippen LogP contribution in [0, 0.1) is 5.92 Å². The predicted molar refractivity (Wildman–Crippen MR) is 80.8 cm³/mol. The maximum atomic E-state index is 9.43. The van der Waals surface area contributed by atoms with Crippen molar-refractivity contribution < 1.29 is 19.3 Å². The molecule has 0 saturated carbocycles. The highest BCUT2D eigenvalue weighted by Gasteiger charge is 2.35. The van der Waals surface area contributed by atoms with Crippen LogP contribution in [0.3, 0.4) is 0 Å². The zero-order chi connectivity index (χ0) is 15.3. The first-order valence-corrected chi connectivity index (χ1v) is 7.58. The molecule has 3 atom stereocenters. The molecule has 0 bridgehead atoms. The standard InChI is InChI=1S/C17H26O4/c1-13(10-18)16(9-15-12-20-17(2,3)21-15)19-11-14-7-5-4-6-8-14/h4-8,13,15-16,18H,9-12H2,1-3H3/t13-,15-,16-/m1/s1. The molecule has 1 fully saturated rings. The molecule has 4 nitrogen and oxygen atoms in total. The number of hydrogen-bond acceptors (Lipinski definition) is 4. The van der Waals surface area contributed by atoms with Gasteiger partial charge >= 0.3 is 0 Å². The average Bonchev–Trinajstić information content (AvgIpc) is 2.82. The number of rotatable bonds is 7. The molecular formula is C17H26O4. The van der Waals surface area contributed by atoms with Gasteiger partial charge in [0, 0.05) is 18.9 Å². The summed E-state index contributed by atoms with van der Waals surface area (Å²) in [4.78, 5) is 0. The highest BCUT2D eigenvalue weighted by Crippen LogP contribution is 2.27. The molecule has 4 heteroatoms. The molecule has 1 aromatic carbocycles. The summed E-state index contributed by atoms with van der Waals surface area (Å²) in [5.41, 5.74) is 1.14. The summed E-state index contributed by atoms with van der Waals surface area (Å²) in [6.07, 6.45) is 0.713. The van der Waals surface area contributed by atoms with Crippen molar-refractivity contribution >= 4 is 0 Å². The number of aliphatic hydroxyl groups is 1. The van der Waals surface area contributed by atoms with Crippen molar-refractivity contribution in [3.63, 3.8) is 0 Å². The fourth-order valence-electron chi connectivity index (χ4n) is 2.50. The molecule has 0 unspecified atom stereocenters. The van der Waals surface area contributed by atoms with Crippen LogP contribution in [-0.2, 0) is 20.8 Å². The van der Waals surface area contributed by atoms with Crippen LogP contribution in [-0.4, -0.2) is 36.3 Å². The molecule has 0 aromatic heterocycles. The van der Waals surface area contributed by atoms with Gasteiger partial charge in [0.1, 0.15) is 0 Å². The van der Waals surface area contributed by atoms with Crippen LogP contribution in [0.1, 0.15) is 32.8 Å². The van der Waals surface area contributed by atoms with E-state index in [-0.39, 0.29) is 24.7 Å². The van der Waals surface area contributed by atoms with E-state index in [9.17, 15) is 5.11 Å². The Morgan fingerprint density at radius 2 is 2.05 bits per heavy atom. The predicted octanol–water partition coefficient (Wildman–Crippen LogP) is 2.74. The molecule has 0 amide bonds. The third-order valence-corrected chi connectivity index (χ3v) is 3.79. The first-order valence-electron chi connectivity index (χ1n) is 7.58. The zero-order valence-corrected chi connectivity index (χ0v) is 13.1. The zero-order valence-electron chi connectivity index (χ0n) is 13.1. The lowest BCUT2D eigenvalue weighted by Crippen LogP contribution is -2.31. The Balaban J connectivity index is 1.89. The quantitative estimate of drug-likeness (QED) is 0.840. The molecule has 0 aliphatic carbocycles. The normalized spacial score (nSPS) is 23.9. The van der Waals surface area contributed by atoms with Gasteiger partial charge in [-0.2, -0.15) is 0 Å². The van der Waals surface area contributed by atoms with E-state index in [2.05, 4.69) is 0 Å². The topological polar surface area (TPSA) is 47.9 Å². The summed E-state index contributed by atoms with van der Waals surface area (Å²) >= 11 is 0. The summed E-state index contributed by atoms with van der Waals surface area (Å²) in [6.45, 7) is 7.07. The van der Waals surface area contributed by atoms with Gasteiger partial charge in [-0.1, -0.05) is 37.3 Å². The molecule has 1 saturated heterocycles. The van der Waals surface area contributed by atoms with Crippen molar-refractivity contribution in [2.75, 3.05) is 13.2 Å². The summed E-state index contributed by atoms with van der Waals surface area (Å²) in [7, 11) is 0. The fourth-order valence-corrected chi connectivity index (χ4v) is 2.50. The lowest BCUT2D eigenvalue weighted by Gasteiger charge is -2.26. The Bertz CT molecular complexity index is 418. The van der Waals surface area contributed by atoms with E-state index in [0.29, 0.717) is 13.2 Å². The van der Waals surface area contributed by atoms with Crippen molar-refractivity contribution in [1.29, 1.82) is 0 Å². The minimum atomic E-state index is -0.517. The van der Waals surface area contributed by atoms with Crippen LogP contribution < -0.4 is 0 Å². The molecule has 1 aliphatic heterocycles. The second kappa shape index (κ2) is 7.36. The molecule has 0 spiro atoms. The van der Waals surface area contributed by atoms with Crippen LogP contribution >= 0.6 is 0 Å². The van der Waals surface area contributed by atoms with Crippen LogP contribution in [0.4, 0.5) is 0 Å². The molecular weight excluding hydrogens is 268 g/mol. The Kier molecular flexibility index (Phi) is 5.76. The highest BCUT2D eigenvalue weighted by molar-refractivity contribution is 5.13. The molecule has 1 aliphatic rings. The number of ether oxygens (including phenoxy) is 3. The Labute approximate surface area is 127 Å². The third kappa shape index (κ3) is 5.08. The highest BCUT2D eigenvalue weighted by atomic mass is 16.7. The van der Waals surface area contributed by atoms with Crippen molar-refractivity contribution in [2.24, 2.45) is 5.92 Å². The van der Waals surface area contributed by atoms with Crippen LogP contribution in [0.25, 0.3) is 0 Å². The van der Waals surface area contributed by atoms with Crippen LogP contribution in [0.5, 0.6) is 0 Å². The lowest BCUT2D eigenvalue weighted by molar-refractivity contribution is -0.144. The molecule has 118 valence electrons. The van der Waals surface area contributed by atoms with Gasteiger partial charge in [0.15, 0.2) is 5.79 Å². The van der Waals surface area contributed by atoms with Gasteiger partial charge in [-0.25, -0.2) is 0 Å². The van der Waals surface area contributed by atoms with E-state index in [1.54, 1.807) is 0 Å². The lowest BCUT2D eigenvalue weighted by atomic mass is 10.00. The first kappa shape index (κ1) is 16.4. The largest absolute Gasteiger partial charge is 0.396 e. The van der Waals surface area contributed by atoms with Crippen molar-refractivity contribution in [1.82, 2.24) is 0 Å². The molecule has 1 N–H and O–H groups in total. The van der Waals surface area contributed by atoms with Gasteiger partial charge in [-0.05, 0) is 19.4 Å². The number of benzene rings is 1. The van der Waals surface area contributed by atoms with Gasteiger partial charge in [0.2, 0.25) is 0 Å². The molecule has 21 heavy (non-hydrogen) atoms. The van der Waals surface area contributed by atoms with E-state index >= 15 is 0 Å². The summed E-state index contributed by atoms with van der Waals surface area (Å²) < 4.78 is 17.4. The summed E-state index contributed by atoms with van der Waals surface area (Å²) in [5, 5.41) is 9.43. The Morgan fingerprint density at radius 3 is 2.62 bits per heavy atom. The summed E-state index contributed by atoms with van der Waals surface area (Å²) in [5.74, 6) is -0.446. The second-order valence-corrected chi connectivity index (χ2v) is 6.18. The van der Waals surface area contributed by atoms with Gasteiger partial charge < -0.3 is 19.3 Å². The van der Waals surface area contributed by atoms with Gasteiger partial charge in [-0.3, -0.25) is 0 Å². The van der Waals surface area contributed by atoms with E-state index in [4.69, 9.17) is 14.2 Å². The number of aliphatic hydroxyl groups excluding tert-OH is 1. The van der Waals surface area contributed by atoms with Gasteiger partial charge in [0.25, 0.3) is 0 Å². The van der Waals surface area contributed by atoms with Crippen molar-refractivity contribution in [3.05, 3.63) is 35.9 Å². The van der Waals surface area contributed by atoms with Crippen LogP contribution in [0.15, 0.2) is 30.3 Å². The fraction of sp³-hybridized carbons (Fsp3) is 0.647. The maximum absolute atomic E-state index is 9.43. The van der Waals surface area contributed by atoms with E-state index < -0.39 is 5.79 Å². The summed E-state index contributed by atoms with van der Waals surface area (Å²) in [6, 6.07) is 10.1. The monoisotopic (exact) mass is 294 g/mol. The second-order valence-electron chi connectivity index (χ2n) is 6.18. The number of hydrogen-bond donors (Lipinski definition) is 1. The van der Waals surface area contributed by atoms with Crippen molar-refractivity contribution in [3.8, 4) is 0 Å².